The first-order valence-electron chi connectivity index (χ1n) is 3.25. The Morgan fingerprint density at radius 1 is 1.14 bits per heavy atom. The van der Waals surface area contributed by atoms with Crippen LogP contribution in [0.3, 0.4) is 0 Å². The van der Waals surface area contributed by atoms with Crippen LogP contribution in [0.25, 0.3) is 0 Å². The minimum Gasteiger partial charge on any atom is -0.210 e. The van der Waals surface area contributed by atoms with E-state index >= 15 is 0 Å². The van der Waals surface area contributed by atoms with Gasteiger partial charge in [-0.05, 0) is 6.92 Å². The monoisotopic (exact) mass is 262 g/mol. The van der Waals surface area contributed by atoms with E-state index in [0.717, 1.165) is 0 Å². The summed E-state index contributed by atoms with van der Waals surface area (Å²) in [5.41, 5.74) is -4.08. The lowest BCUT2D eigenvalue weighted by molar-refractivity contribution is -0.0330. The molecule has 0 radical (unpaired) electrons. The highest BCUT2D eigenvalue weighted by molar-refractivity contribution is 8.00. The molecular formula is C6H3Cl2F3N2S. The molecule has 0 aromatic carbocycles. The summed E-state index contributed by atoms with van der Waals surface area (Å²) < 4.78 is 35.7. The van der Waals surface area contributed by atoms with Crippen LogP contribution in [0.4, 0.5) is 13.2 Å². The predicted octanol–water partition coefficient (Wildman–Crippen LogP) is 3.70. The van der Waals surface area contributed by atoms with Gasteiger partial charge in [0, 0.05) is 17.3 Å². The lowest BCUT2D eigenvalue weighted by Gasteiger charge is -2.05. The third-order valence-corrected chi connectivity index (χ3v) is 2.55. The predicted molar refractivity (Wildman–Crippen MR) is 48.7 cm³/mol. The van der Waals surface area contributed by atoms with Crippen LogP contribution in [-0.4, -0.2) is 15.5 Å². The number of hydrogen-bond acceptors (Lipinski definition) is 3. The fourth-order valence-electron chi connectivity index (χ4n) is 0.595. The molecule has 1 rings (SSSR count). The van der Waals surface area contributed by atoms with Crippen LogP contribution in [0.5, 0.6) is 0 Å². The second-order valence-corrected chi connectivity index (χ2v) is 4.01. The van der Waals surface area contributed by atoms with E-state index in [-0.39, 0.29) is 10.3 Å². The second kappa shape index (κ2) is 4.12. The normalized spacial score (nSPS) is 11.9. The Morgan fingerprint density at radius 3 is 1.93 bits per heavy atom. The molecule has 0 aliphatic heterocycles. The van der Waals surface area contributed by atoms with Gasteiger partial charge >= 0.3 is 5.51 Å². The largest absolute Gasteiger partial charge is 0.449 e. The summed E-state index contributed by atoms with van der Waals surface area (Å²) in [5, 5.41) is -0.647. The van der Waals surface area contributed by atoms with E-state index in [2.05, 4.69) is 9.97 Å². The van der Waals surface area contributed by atoms with Crippen molar-refractivity contribution in [2.45, 2.75) is 17.6 Å². The lowest BCUT2D eigenvalue weighted by Crippen LogP contribution is -2.02. The molecule has 1 heterocycles. The van der Waals surface area contributed by atoms with Crippen LogP contribution in [0.1, 0.15) is 5.56 Å². The van der Waals surface area contributed by atoms with Crippen molar-refractivity contribution in [1.82, 2.24) is 9.97 Å². The van der Waals surface area contributed by atoms with Gasteiger partial charge in [0.15, 0.2) is 5.16 Å². The van der Waals surface area contributed by atoms with Gasteiger partial charge in [-0.25, -0.2) is 9.97 Å². The molecule has 0 aliphatic rings. The summed E-state index contributed by atoms with van der Waals surface area (Å²) in [7, 11) is 0. The van der Waals surface area contributed by atoms with Crippen LogP contribution >= 0.6 is 35.0 Å². The summed E-state index contributed by atoms with van der Waals surface area (Å²) in [6.45, 7) is 1.52. The van der Waals surface area contributed by atoms with Crippen molar-refractivity contribution in [3.05, 3.63) is 15.9 Å². The average molecular weight is 263 g/mol. The van der Waals surface area contributed by atoms with Gasteiger partial charge in [-0.2, -0.15) is 13.2 Å². The smallest absolute Gasteiger partial charge is 0.210 e. The van der Waals surface area contributed by atoms with Crippen LogP contribution in [0, 0.1) is 6.92 Å². The molecule has 0 amide bonds. The zero-order chi connectivity index (χ0) is 10.9. The summed E-state index contributed by atoms with van der Waals surface area (Å²) >= 11 is 10.6. The molecule has 0 aliphatic carbocycles. The van der Waals surface area contributed by atoms with E-state index in [9.17, 15) is 13.2 Å². The van der Waals surface area contributed by atoms with Crippen LogP contribution < -0.4 is 0 Å². The molecule has 0 unspecified atom stereocenters. The summed E-state index contributed by atoms with van der Waals surface area (Å²) in [6, 6.07) is 0. The molecule has 0 N–H and O–H groups in total. The minimum absolute atomic E-state index is 0.0725. The molecule has 2 nitrogen and oxygen atoms in total. The van der Waals surface area contributed by atoms with Gasteiger partial charge in [0.2, 0.25) is 0 Å². The zero-order valence-electron chi connectivity index (χ0n) is 6.69. The SMILES string of the molecule is Cc1c(Cl)nc(SC(F)(F)F)nc1Cl. The molecule has 1 aromatic rings. The maximum absolute atomic E-state index is 11.9. The van der Waals surface area contributed by atoms with Crippen LogP contribution in [0.2, 0.25) is 10.3 Å². The first-order valence-corrected chi connectivity index (χ1v) is 4.82. The average Bonchev–Trinajstić information content (AvgIpc) is 1.96. The third-order valence-electron chi connectivity index (χ3n) is 1.21. The van der Waals surface area contributed by atoms with Crippen molar-refractivity contribution in [3.63, 3.8) is 0 Å². The molecule has 0 spiro atoms. The third kappa shape index (κ3) is 3.18. The number of rotatable bonds is 1. The molecule has 0 saturated carbocycles. The quantitative estimate of drug-likeness (QED) is 0.439. The van der Waals surface area contributed by atoms with E-state index in [1.165, 1.54) is 6.92 Å². The molecular weight excluding hydrogens is 260 g/mol. The first kappa shape index (κ1) is 11.9. The topological polar surface area (TPSA) is 25.8 Å². The number of hydrogen-bond donors (Lipinski definition) is 0. The second-order valence-electron chi connectivity index (χ2n) is 2.26. The molecule has 14 heavy (non-hydrogen) atoms. The van der Waals surface area contributed by atoms with Crippen molar-refractivity contribution in [3.8, 4) is 0 Å². The van der Waals surface area contributed by atoms with E-state index in [4.69, 9.17) is 23.2 Å². The number of nitrogens with zero attached hydrogens (tertiary/aromatic N) is 2. The van der Waals surface area contributed by atoms with Crippen molar-refractivity contribution in [2.24, 2.45) is 0 Å². The molecule has 0 bridgehead atoms. The van der Waals surface area contributed by atoms with Crippen molar-refractivity contribution in [2.75, 3.05) is 0 Å². The van der Waals surface area contributed by atoms with Gasteiger partial charge in [0.25, 0.3) is 0 Å². The number of aromatic nitrogens is 2. The Kier molecular flexibility index (Phi) is 3.49. The van der Waals surface area contributed by atoms with Gasteiger partial charge in [0.1, 0.15) is 10.3 Å². The van der Waals surface area contributed by atoms with Crippen molar-refractivity contribution in [1.29, 1.82) is 0 Å². The fourth-order valence-corrected chi connectivity index (χ4v) is 1.56. The van der Waals surface area contributed by atoms with Crippen molar-refractivity contribution >= 4 is 35.0 Å². The summed E-state index contributed by atoms with van der Waals surface area (Å²) in [6.07, 6.45) is 0. The number of halogens is 5. The highest BCUT2D eigenvalue weighted by Crippen LogP contribution is 2.36. The zero-order valence-corrected chi connectivity index (χ0v) is 9.02. The maximum Gasteiger partial charge on any atom is 0.449 e. The molecule has 0 fully saturated rings. The molecule has 1 aromatic heterocycles. The van der Waals surface area contributed by atoms with Gasteiger partial charge in [-0.1, -0.05) is 23.2 Å². The van der Waals surface area contributed by atoms with Gasteiger partial charge in [-0.3, -0.25) is 0 Å². The number of alkyl halides is 3. The molecule has 8 heteroatoms. The minimum atomic E-state index is -4.44. The fraction of sp³-hybridized carbons (Fsp3) is 0.333. The maximum atomic E-state index is 11.9. The van der Waals surface area contributed by atoms with Gasteiger partial charge in [0.05, 0.1) is 0 Å². The van der Waals surface area contributed by atoms with Crippen LogP contribution in [0.15, 0.2) is 5.16 Å². The van der Waals surface area contributed by atoms with E-state index < -0.39 is 22.4 Å². The highest BCUT2D eigenvalue weighted by atomic mass is 35.5. The summed E-state index contributed by atoms with van der Waals surface area (Å²) in [4.78, 5) is 6.86. The van der Waals surface area contributed by atoms with E-state index in [0.29, 0.717) is 5.56 Å². The van der Waals surface area contributed by atoms with Gasteiger partial charge in [-0.15, -0.1) is 0 Å². The Hall–Kier alpha value is -0.200. The standard InChI is InChI=1S/C6H3Cl2F3N2S/c1-2-3(7)12-5(13-4(2)8)14-6(9,10)11/h1H3. The summed E-state index contributed by atoms with van der Waals surface area (Å²) in [5.74, 6) is 0. The Balaban J connectivity index is 3.02. The Bertz CT molecular complexity index is 332. The number of thioether (sulfide) groups is 1. The first-order chi connectivity index (χ1) is 6.29. The highest BCUT2D eigenvalue weighted by Gasteiger charge is 2.31. The Morgan fingerprint density at radius 2 is 1.57 bits per heavy atom. The molecule has 78 valence electrons. The van der Waals surface area contributed by atoms with E-state index in [1.54, 1.807) is 0 Å². The Labute approximate surface area is 91.8 Å². The van der Waals surface area contributed by atoms with E-state index in [1.807, 2.05) is 0 Å². The van der Waals surface area contributed by atoms with Gasteiger partial charge < -0.3 is 0 Å². The van der Waals surface area contributed by atoms with Crippen molar-refractivity contribution < 1.29 is 13.2 Å². The lowest BCUT2D eigenvalue weighted by atomic mass is 10.4. The van der Waals surface area contributed by atoms with Crippen LogP contribution in [-0.2, 0) is 0 Å². The molecule has 0 saturated heterocycles. The molecule has 0 atom stereocenters.